The van der Waals surface area contributed by atoms with Crippen molar-refractivity contribution in [3.05, 3.63) is 33.9 Å². The summed E-state index contributed by atoms with van der Waals surface area (Å²) in [5.41, 5.74) is 0. The third-order valence-corrected chi connectivity index (χ3v) is 1.45. The van der Waals surface area contributed by atoms with Crippen LogP contribution in [0.5, 0.6) is 0 Å². The molecule has 0 fully saturated rings. The first-order valence-corrected chi connectivity index (χ1v) is 3.18. The molecular weight excluding hydrogens is 199 g/mol. The van der Waals surface area contributed by atoms with Crippen molar-refractivity contribution in [1.29, 1.82) is 0 Å². The van der Waals surface area contributed by atoms with Crippen LogP contribution in [0, 0.1) is 3.57 Å². The van der Waals surface area contributed by atoms with Gasteiger partial charge in [0.1, 0.15) is 0 Å². The third-order valence-electron chi connectivity index (χ3n) is 0.733. The highest BCUT2D eigenvalue weighted by Gasteiger charge is 1.74. The largest absolute Gasteiger partial charge is 0.0622 e. The Labute approximate surface area is 59.8 Å². The van der Waals surface area contributed by atoms with Crippen molar-refractivity contribution in [3.63, 3.8) is 0 Å². The maximum absolute atomic E-state index is 5.00. The number of hydrogen-bond donors (Lipinski definition) is 0. The summed E-state index contributed by atoms with van der Waals surface area (Å²) in [5.74, 6) is 0. The van der Waals surface area contributed by atoms with Crippen molar-refractivity contribution < 1.29 is 2.97 Å². The van der Waals surface area contributed by atoms with E-state index in [1.807, 2.05) is 18.2 Å². The molecule has 38 valence electrons. The normalized spacial score (nSPS) is 9.86. The fourth-order valence-corrected chi connectivity index (χ4v) is 0.830. The summed E-state index contributed by atoms with van der Waals surface area (Å²) in [5, 5.41) is 0. The summed E-state index contributed by atoms with van der Waals surface area (Å²) in [6.45, 7) is 0. The van der Waals surface area contributed by atoms with Crippen molar-refractivity contribution in [2.45, 2.75) is 0 Å². The predicted octanol–water partition coefficient (Wildman–Crippen LogP) is 2.54. The second-order valence-electron chi connectivity index (χ2n) is 1.30. The Morgan fingerprint density at radius 1 is 1.29 bits per heavy atom. The molecule has 0 nitrogen and oxygen atoms in total. The maximum Gasteiger partial charge on any atom is 0.0130 e. The van der Waals surface area contributed by atoms with Crippen LogP contribution >= 0.6 is 22.6 Å². The molecule has 1 aromatic carbocycles. The van der Waals surface area contributed by atoms with E-state index in [4.69, 9.17) is 2.97 Å². The Morgan fingerprint density at radius 2 is 1.86 bits per heavy atom. The lowest BCUT2D eigenvalue weighted by Gasteiger charge is -1.80. The minimum absolute atomic E-state index is 1.29. The highest BCUT2D eigenvalue weighted by Crippen LogP contribution is 1.99. The van der Waals surface area contributed by atoms with Crippen LogP contribution in [0.1, 0.15) is 2.97 Å². The monoisotopic (exact) mass is 208 g/mol. The lowest BCUT2D eigenvalue weighted by molar-refractivity contribution is 1.65. The van der Waals surface area contributed by atoms with Gasteiger partial charge in [0.15, 0.2) is 0 Å². The van der Waals surface area contributed by atoms with E-state index in [0.29, 0.717) is 0 Å². The SMILES string of the molecule is Ic1ccccc1.[2H][2H]. The smallest absolute Gasteiger partial charge is 0.0130 e. The van der Waals surface area contributed by atoms with Crippen molar-refractivity contribution >= 4 is 22.6 Å². The molecule has 0 saturated heterocycles. The van der Waals surface area contributed by atoms with Crippen LogP contribution in [0.25, 0.3) is 0 Å². The summed E-state index contributed by atoms with van der Waals surface area (Å²) in [7, 11) is 0. The van der Waals surface area contributed by atoms with E-state index in [0.717, 1.165) is 0 Å². The Kier molecular flexibility index (Phi) is 1.28. The number of rotatable bonds is 0. The molecule has 0 spiro atoms. The van der Waals surface area contributed by atoms with Crippen molar-refractivity contribution in [1.82, 2.24) is 0 Å². The summed E-state index contributed by atoms with van der Waals surface area (Å²) in [6.07, 6.45) is 0. The molecule has 0 aliphatic rings. The van der Waals surface area contributed by atoms with Gasteiger partial charge in [-0.3, -0.25) is 0 Å². The van der Waals surface area contributed by atoms with Crippen LogP contribution in [0.15, 0.2) is 30.3 Å². The molecule has 1 aromatic rings. The quantitative estimate of drug-likeness (QED) is 0.574. The minimum atomic E-state index is 1.29. The van der Waals surface area contributed by atoms with Crippen molar-refractivity contribution in [2.24, 2.45) is 0 Å². The van der Waals surface area contributed by atoms with Crippen LogP contribution in [0.3, 0.4) is 0 Å². The second-order valence-corrected chi connectivity index (χ2v) is 2.54. The first-order valence-electron chi connectivity index (χ1n) is 3.10. The van der Waals surface area contributed by atoms with Gasteiger partial charge in [-0.2, -0.15) is 0 Å². The molecule has 0 radical (unpaired) electrons. The average molecular weight is 208 g/mol. The van der Waals surface area contributed by atoms with Crippen LogP contribution in [0.4, 0.5) is 0 Å². The van der Waals surface area contributed by atoms with Gasteiger partial charge in [-0.25, -0.2) is 0 Å². The lowest BCUT2D eigenvalue weighted by Crippen LogP contribution is -1.61. The van der Waals surface area contributed by atoms with Gasteiger partial charge in [0.05, 0.1) is 0 Å². The van der Waals surface area contributed by atoms with E-state index in [1.165, 1.54) is 3.57 Å². The van der Waals surface area contributed by atoms with Crippen molar-refractivity contribution in [3.8, 4) is 0 Å². The van der Waals surface area contributed by atoms with Crippen LogP contribution in [-0.2, 0) is 0 Å². The van der Waals surface area contributed by atoms with Gasteiger partial charge in [0, 0.05) is 6.54 Å². The van der Waals surface area contributed by atoms with Gasteiger partial charge >= 0.3 is 0 Å². The van der Waals surface area contributed by atoms with Gasteiger partial charge in [-0.15, -0.1) is 0 Å². The first kappa shape index (κ1) is 3.89. The van der Waals surface area contributed by atoms with Crippen LogP contribution < -0.4 is 0 Å². The Hall–Kier alpha value is -0.0500. The number of halogens is 1. The molecule has 0 bridgehead atoms. The Bertz CT molecular complexity index is 141. The molecule has 0 aromatic heterocycles. The molecular formula is C6H7I. The first-order chi connectivity index (χ1) is 4.39. The minimum Gasteiger partial charge on any atom is -0.0622 e. The van der Waals surface area contributed by atoms with E-state index in [9.17, 15) is 0 Å². The lowest BCUT2D eigenvalue weighted by atomic mass is 10.4. The van der Waals surface area contributed by atoms with Crippen molar-refractivity contribution in [2.75, 3.05) is 0 Å². The van der Waals surface area contributed by atoms with Gasteiger partial charge < -0.3 is 0 Å². The third kappa shape index (κ3) is 1.47. The van der Waals surface area contributed by atoms with Gasteiger partial charge in [0.2, 0.25) is 0 Å². The van der Waals surface area contributed by atoms with Gasteiger partial charge in [-0.05, 0) is 34.7 Å². The molecule has 1 heteroatoms. The van der Waals surface area contributed by atoms with E-state index in [1.54, 1.807) is 0 Å². The predicted molar refractivity (Wildman–Crippen MR) is 41.3 cm³/mol. The topological polar surface area (TPSA) is 0 Å². The number of benzene rings is 1. The summed E-state index contributed by atoms with van der Waals surface area (Å²) < 4.78 is 11.3. The molecule has 0 aliphatic heterocycles. The summed E-state index contributed by atoms with van der Waals surface area (Å²) >= 11 is 2.28. The molecule has 0 amide bonds. The molecule has 7 heavy (non-hydrogen) atoms. The molecule has 0 unspecified atom stereocenters. The molecule has 0 atom stereocenters. The van der Waals surface area contributed by atoms with Crippen LogP contribution in [-0.4, -0.2) is 0 Å². The highest BCUT2D eigenvalue weighted by molar-refractivity contribution is 14.1. The zero-order valence-corrected chi connectivity index (χ0v) is 5.92. The van der Waals surface area contributed by atoms with Crippen LogP contribution in [0.2, 0.25) is 0 Å². The summed E-state index contributed by atoms with van der Waals surface area (Å²) in [6, 6.07) is 10.2. The van der Waals surface area contributed by atoms with Gasteiger partial charge in [0.25, 0.3) is 0 Å². The fourth-order valence-electron chi connectivity index (χ4n) is 0.415. The zero-order valence-electron chi connectivity index (χ0n) is 5.76. The maximum atomic E-state index is 5.00. The fraction of sp³-hybridized carbons (Fsp3) is 0. The van der Waals surface area contributed by atoms with E-state index in [-0.39, 0.29) is 0 Å². The Balaban J connectivity index is 0.000000291. The highest BCUT2D eigenvalue weighted by atomic mass is 127. The average Bonchev–Trinajstić information content (AvgIpc) is 1.94. The standard InChI is InChI=1S/C6H5I.H2/c7-6-4-2-1-3-5-6;/h1-5H;1H/i;1+1D. The second kappa shape index (κ2) is 2.31. The molecule has 0 aliphatic carbocycles. The zero-order chi connectivity index (χ0) is 7.11. The van der Waals surface area contributed by atoms with Gasteiger partial charge in [-0.1, -0.05) is 18.2 Å². The summed E-state index contributed by atoms with van der Waals surface area (Å²) in [4.78, 5) is 0. The van der Waals surface area contributed by atoms with E-state index in [2.05, 4.69) is 34.7 Å². The molecule has 0 heterocycles. The molecule has 0 saturated carbocycles. The Morgan fingerprint density at radius 3 is 2.14 bits per heavy atom. The van der Waals surface area contributed by atoms with E-state index < -0.39 is 0 Å². The molecule has 1 rings (SSSR count). The van der Waals surface area contributed by atoms with E-state index >= 15 is 0 Å². The number of hydrogen-bond acceptors (Lipinski definition) is 0. The molecule has 0 N–H and O–H groups in total.